The minimum atomic E-state index is -0.875. The van der Waals surface area contributed by atoms with E-state index in [4.69, 9.17) is 14.2 Å². The fourth-order valence-corrected chi connectivity index (χ4v) is 3.68. The van der Waals surface area contributed by atoms with Crippen LogP contribution in [0.25, 0.3) is 0 Å². The molecule has 0 aliphatic heterocycles. The molecule has 1 fully saturated rings. The normalized spacial score (nSPS) is 26.7. The molecule has 2 unspecified atom stereocenters. The van der Waals surface area contributed by atoms with Crippen molar-refractivity contribution in [3.05, 3.63) is 35.6 Å². The van der Waals surface area contributed by atoms with E-state index in [0.29, 0.717) is 43.5 Å². The number of hydrogen-bond donors (Lipinski definition) is 0. The molecule has 0 N–H and O–H groups in total. The van der Waals surface area contributed by atoms with Gasteiger partial charge in [0.05, 0.1) is 20.3 Å². The summed E-state index contributed by atoms with van der Waals surface area (Å²) in [6.07, 6.45) is 7.22. The Morgan fingerprint density at radius 2 is 1.77 bits per heavy atom. The largest absolute Gasteiger partial charge is 0.498 e. The maximum absolute atomic E-state index is 14.2. The lowest BCUT2D eigenvalue weighted by atomic mass is 9.82. The summed E-state index contributed by atoms with van der Waals surface area (Å²) in [4.78, 5) is 0. The summed E-state index contributed by atoms with van der Waals surface area (Å²) < 4.78 is 44.5. The van der Waals surface area contributed by atoms with Gasteiger partial charge >= 0.3 is 0 Å². The topological polar surface area (TPSA) is 27.7 Å². The lowest BCUT2D eigenvalue weighted by Gasteiger charge is -2.28. The predicted molar refractivity (Wildman–Crippen MR) is 98.7 cm³/mol. The summed E-state index contributed by atoms with van der Waals surface area (Å²) in [7, 11) is 1.36. The number of halogens is 2. The molecule has 0 amide bonds. The van der Waals surface area contributed by atoms with Gasteiger partial charge in [-0.25, -0.2) is 8.78 Å². The first-order valence-electron chi connectivity index (χ1n) is 9.63. The molecule has 0 aromatic rings. The molecule has 1 saturated carbocycles. The Balaban J connectivity index is 1.73. The van der Waals surface area contributed by atoms with Crippen LogP contribution in [0.2, 0.25) is 0 Å². The molecule has 0 radical (unpaired) electrons. The molecule has 26 heavy (non-hydrogen) atoms. The van der Waals surface area contributed by atoms with Crippen LogP contribution in [-0.2, 0) is 14.2 Å². The van der Waals surface area contributed by atoms with Crippen LogP contribution in [0.15, 0.2) is 35.6 Å². The van der Waals surface area contributed by atoms with Crippen LogP contribution >= 0.6 is 0 Å². The highest BCUT2D eigenvalue weighted by molar-refractivity contribution is 5.33. The Morgan fingerprint density at radius 3 is 2.38 bits per heavy atom. The highest BCUT2D eigenvalue weighted by Gasteiger charge is 2.27. The maximum Gasteiger partial charge on any atom is 0.196 e. The number of methoxy groups -OCH3 is 1. The van der Waals surface area contributed by atoms with Crippen LogP contribution in [0.3, 0.4) is 0 Å². The van der Waals surface area contributed by atoms with E-state index in [2.05, 4.69) is 12.7 Å². The number of ether oxygens (including phenoxy) is 3. The van der Waals surface area contributed by atoms with E-state index in [1.165, 1.54) is 20.0 Å². The molecule has 2 rings (SSSR count). The quantitative estimate of drug-likeness (QED) is 0.377. The third-order valence-electron chi connectivity index (χ3n) is 5.55. The SMILES string of the molecule is C=CC1CCC(COC(C)OCC(C)C2=C(F)C(F)=C(OC)CC2)CC1. The van der Waals surface area contributed by atoms with Crippen molar-refractivity contribution in [1.82, 2.24) is 0 Å². The lowest BCUT2D eigenvalue weighted by molar-refractivity contribution is -0.145. The van der Waals surface area contributed by atoms with Gasteiger partial charge in [-0.1, -0.05) is 13.0 Å². The third kappa shape index (κ3) is 5.65. The van der Waals surface area contributed by atoms with Crippen LogP contribution in [0.5, 0.6) is 0 Å². The molecule has 0 spiro atoms. The van der Waals surface area contributed by atoms with Gasteiger partial charge in [-0.05, 0) is 56.4 Å². The van der Waals surface area contributed by atoms with Gasteiger partial charge in [0.1, 0.15) is 5.76 Å². The molecule has 3 nitrogen and oxygen atoms in total. The Labute approximate surface area is 156 Å². The van der Waals surface area contributed by atoms with Crippen molar-refractivity contribution in [2.45, 2.75) is 58.7 Å². The summed E-state index contributed by atoms with van der Waals surface area (Å²) in [6.45, 7) is 8.57. The van der Waals surface area contributed by atoms with Crippen LogP contribution in [0.4, 0.5) is 8.78 Å². The molecule has 0 heterocycles. The van der Waals surface area contributed by atoms with Crippen molar-refractivity contribution < 1.29 is 23.0 Å². The second-order valence-corrected chi connectivity index (χ2v) is 7.43. The van der Waals surface area contributed by atoms with Crippen molar-refractivity contribution in [2.24, 2.45) is 17.8 Å². The van der Waals surface area contributed by atoms with Crippen LogP contribution in [-0.4, -0.2) is 26.6 Å². The monoisotopic (exact) mass is 370 g/mol. The molecule has 148 valence electrons. The van der Waals surface area contributed by atoms with E-state index in [1.807, 2.05) is 13.8 Å². The zero-order valence-corrected chi connectivity index (χ0v) is 16.2. The average molecular weight is 370 g/mol. The zero-order chi connectivity index (χ0) is 19.1. The van der Waals surface area contributed by atoms with Gasteiger partial charge in [-0.15, -0.1) is 6.58 Å². The van der Waals surface area contributed by atoms with Crippen molar-refractivity contribution in [3.8, 4) is 0 Å². The van der Waals surface area contributed by atoms with Crippen molar-refractivity contribution in [2.75, 3.05) is 20.3 Å². The maximum atomic E-state index is 14.2. The molecule has 2 aliphatic carbocycles. The Morgan fingerprint density at radius 1 is 1.08 bits per heavy atom. The first-order chi connectivity index (χ1) is 12.5. The first kappa shape index (κ1) is 21.1. The summed E-state index contributed by atoms with van der Waals surface area (Å²) in [5.41, 5.74) is 0.457. The summed E-state index contributed by atoms with van der Waals surface area (Å²) in [6, 6.07) is 0. The summed E-state index contributed by atoms with van der Waals surface area (Å²) >= 11 is 0. The van der Waals surface area contributed by atoms with E-state index in [1.54, 1.807) is 0 Å². The van der Waals surface area contributed by atoms with Crippen LogP contribution in [0, 0.1) is 17.8 Å². The highest BCUT2D eigenvalue weighted by Crippen LogP contribution is 2.36. The van der Waals surface area contributed by atoms with E-state index in [0.717, 1.165) is 12.8 Å². The Bertz CT molecular complexity index is 533. The van der Waals surface area contributed by atoms with Gasteiger partial charge in [-0.2, -0.15) is 0 Å². The average Bonchev–Trinajstić information content (AvgIpc) is 2.66. The first-order valence-corrected chi connectivity index (χ1v) is 9.63. The number of rotatable bonds is 9. The second-order valence-electron chi connectivity index (χ2n) is 7.43. The molecule has 0 aromatic heterocycles. The highest BCUT2D eigenvalue weighted by atomic mass is 19.2. The van der Waals surface area contributed by atoms with Gasteiger partial charge in [0.25, 0.3) is 0 Å². The van der Waals surface area contributed by atoms with Gasteiger partial charge in [0.2, 0.25) is 0 Å². The smallest absolute Gasteiger partial charge is 0.196 e. The van der Waals surface area contributed by atoms with E-state index >= 15 is 0 Å². The molecule has 0 saturated heterocycles. The molecule has 5 heteroatoms. The van der Waals surface area contributed by atoms with Gasteiger partial charge in [-0.3, -0.25) is 0 Å². The number of allylic oxidation sites excluding steroid dienone is 4. The van der Waals surface area contributed by atoms with Crippen LogP contribution in [0.1, 0.15) is 52.4 Å². The summed E-state index contributed by atoms with van der Waals surface area (Å²) in [5, 5.41) is 0. The molecule has 0 aromatic carbocycles. The summed E-state index contributed by atoms with van der Waals surface area (Å²) in [5.74, 6) is -0.570. The minimum absolute atomic E-state index is 0.0854. The van der Waals surface area contributed by atoms with E-state index < -0.39 is 11.7 Å². The Hall–Kier alpha value is -1.20. The molecular weight excluding hydrogens is 338 g/mol. The van der Waals surface area contributed by atoms with Crippen molar-refractivity contribution in [1.29, 1.82) is 0 Å². The number of hydrogen-bond acceptors (Lipinski definition) is 3. The zero-order valence-electron chi connectivity index (χ0n) is 16.2. The standard InChI is InChI=1S/C21H32F2O3/c1-5-16-6-8-17(9-7-16)13-26-15(3)25-12-14(2)18-10-11-19(24-4)21(23)20(18)22/h5,14-17H,1,6-13H2,2-4H3. The van der Waals surface area contributed by atoms with Crippen molar-refractivity contribution >= 4 is 0 Å². The predicted octanol–water partition coefficient (Wildman–Crippen LogP) is 5.84. The third-order valence-corrected chi connectivity index (χ3v) is 5.55. The minimum Gasteiger partial charge on any atom is -0.498 e. The molecule has 0 bridgehead atoms. The van der Waals surface area contributed by atoms with Gasteiger partial charge < -0.3 is 14.2 Å². The fourth-order valence-electron chi connectivity index (χ4n) is 3.68. The molecule has 2 aliphatic rings. The molecular formula is C21H32F2O3. The van der Waals surface area contributed by atoms with Gasteiger partial charge in [0, 0.05) is 12.3 Å². The van der Waals surface area contributed by atoms with E-state index in [9.17, 15) is 8.78 Å². The van der Waals surface area contributed by atoms with Gasteiger partial charge in [0.15, 0.2) is 17.9 Å². The Kier molecular flexibility index (Phi) is 8.29. The fraction of sp³-hybridized carbons (Fsp3) is 0.714. The molecule has 2 atom stereocenters. The van der Waals surface area contributed by atoms with Crippen molar-refractivity contribution in [3.63, 3.8) is 0 Å². The second kappa shape index (κ2) is 10.2. The lowest BCUT2D eigenvalue weighted by Crippen LogP contribution is -2.24. The van der Waals surface area contributed by atoms with E-state index in [-0.39, 0.29) is 18.0 Å². The van der Waals surface area contributed by atoms with Crippen LogP contribution < -0.4 is 0 Å².